The van der Waals surface area contributed by atoms with Crippen molar-refractivity contribution in [3.05, 3.63) is 69.6 Å². The zero-order valence-corrected chi connectivity index (χ0v) is 16.2. The zero-order valence-electron chi connectivity index (χ0n) is 14.6. The minimum atomic E-state index is -0.569. The molecule has 0 aliphatic rings. The Hall–Kier alpha value is -2.17. The van der Waals surface area contributed by atoms with Crippen LogP contribution in [0.25, 0.3) is 10.1 Å². The number of ketones is 1. The van der Waals surface area contributed by atoms with Gasteiger partial charge in [-0.2, -0.15) is 0 Å². The number of carbonyl (C=O) groups is 2. The summed E-state index contributed by atoms with van der Waals surface area (Å²) in [7, 11) is 0. The van der Waals surface area contributed by atoms with Gasteiger partial charge in [-0.15, -0.1) is 11.3 Å². The molecule has 0 spiro atoms. The molecule has 0 aliphatic carbocycles. The molecule has 1 atom stereocenters. The normalized spacial score (nSPS) is 12.1. The van der Waals surface area contributed by atoms with Crippen LogP contribution in [0.4, 0.5) is 0 Å². The molecule has 0 amide bonds. The highest BCUT2D eigenvalue weighted by molar-refractivity contribution is 7.21. The number of rotatable bonds is 6. The van der Waals surface area contributed by atoms with E-state index in [0.29, 0.717) is 21.4 Å². The number of ether oxygens (including phenoxy) is 1. The second-order valence-electron chi connectivity index (χ2n) is 6.17. The molecule has 5 heteroatoms. The number of hydrogen-bond acceptors (Lipinski definition) is 4. The molecule has 3 nitrogen and oxygen atoms in total. The molecule has 0 radical (unpaired) electrons. The summed E-state index contributed by atoms with van der Waals surface area (Å²) in [6, 6.07) is 15.0. The van der Waals surface area contributed by atoms with Crippen LogP contribution in [-0.2, 0) is 4.74 Å². The van der Waals surface area contributed by atoms with Crippen LogP contribution >= 0.6 is 22.9 Å². The van der Waals surface area contributed by atoms with E-state index in [1.165, 1.54) is 16.9 Å². The first-order valence-corrected chi connectivity index (χ1v) is 9.68. The zero-order chi connectivity index (χ0) is 18.7. The van der Waals surface area contributed by atoms with E-state index in [9.17, 15) is 9.59 Å². The summed E-state index contributed by atoms with van der Waals surface area (Å²) in [6.45, 7) is 3.97. The predicted molar refractivity (Wildman–Crippen MR) is 107 cm³/mol. The van der Waals surface area contributed by atoms with E-state index in [4.69, 9.17) is 16.3 Å². The average molecular weight is 387 g/mol. The highest BCUT2D eigenvalue weighted by Gasteiger charge is 2.19. The Morgan fingerprint density at radius 3 is 2.46 bits per heavy atom. The first-order valence-electron chi connectivity index (χ1n) is 8.48. The molecule has 0 unspecified atom stereocenters. The first kappa shape index (κ1) is 18.6. The Morgan fingerprint density at radius 1 is 1.12 bits per heavy atom. The van der Waals surface area contributed by atoms with Gasteiger partial charge in [-0.3, -0.25) is 4.79 Å². The molecule has 0 saturated heterocycles. The largest absolute Gasteiger partial charge is 0.453 e. The summed E-state index contributed by atoms with van der Waals surface area (Å²) in [5, 5.41) is 1.19. The minimum Gasteiger partial charge on any atom is -0.453 e. The molecule has 1 aromatic heterocycles. The van der Waals surface area contributed by atoms with E-state index in [-0.39, 0.29) is 12.4 Å². The Morgan fingerprint density at radius 2 is 1.81 bits per heavy atom. The van der Waals surface area contributed by atoms with Gasteiger partial charge in [-0.05, 0) is 24.0 Å². The Balaban J connectivity index is 1.67. The van der Waals surface area contributed by atoms with Crippen molar-refractivity contribution < 1.29 is 14.3 Å². The molecular formula is C21H19ClO3S. The number of Topliss-reactive ketones (excluding diaryl/α,β-unsaturated/α-hetero) is 1. The van der Waals surface area contributed by atoms with Gasteiger partial charge >= 0.3 is 5.97 Å². The second-order valence-corrected chi connectivity index (χ2v) is 7.60. The average Bonchev–Trinajstić information content (AvgIpc) is 3.02. The van der Waals surface area contributed by atoms with Crippen molar-refractivity contribution in [2.24, 2.45) is 0 Å². The summed E-state index contributed by atoms with van der Waals surface area (Å²) in [6.07, 6.45) is 1.04. The third kappa shape index (κ3) is 3.81. The Labute approximate surface area is 161 Å². The maximum absolute atomic E-state index is 12.3. The van der Waals surface area contributed by atoms with E-state index in [1.807, 2.05) is 36.4 Å². The van der Waals surface area contributed by atoms with Crippen LogP contribution in [0.3, 0.4) is 0 Å². The van der Waals surface area contributed by atoms with E-state index < -0.39 is 5.97 Å². The fourth-order valence-electron chi connectivity index (χ4n) is 2.66. The Bertz CT molecular complexity index is 944. The topological polar surface area (TPSA) is 43.4 Å². The molecule has 26 heavy (non-hydrogen) atoms. The molecular weight excluding hydrogens is 368 g/mol. The molecule has 0 N–H and O–H groups in total. The lowest BCUT2D eigenvalue weighted by molar-refractivity contribution is 0.0480. The summed E-state index contributed by atoms with van der Waals surface area (Å²) >= 11 is 7.54. The summed E-state index contributed by atoms with van der Waals surface area (Å²) in [4.78, 5) is 24.9. The molecule has 0 fully saturated rings. The van der Waals surface area contributed by atoms with Crippen molar-refractivity contribution >= 4 is 44.8 Å². The number of fused-ring (bicyclic) bond motifs is 1. The van der Waals surface area contributed by atoms with Crippen LogP contribution in [0.2, 0.25) is 5.02 Å². The Kier molecular flexibility index (Phi) is 5.74. The monoisotopic (exact) mass is 386 g/mol. The maximum atomic E-state index is 12.3. The fourth-order valence-corrected chi connectivity index (χ4v) is 4.06. The van der Waals surface area contributed by atoms with E-state index in [2.05, 4.69) is 13.8 Å². The van der Waals surface area contributed by atoms with Crippen LogP contribution in [0.5, 0.6) is 0 Å². The van der Waals surface area contributed by atoms with Gasteiger partial charge in [0.25, 0.3) is 0 Å². The summed E-state index contributed by atoms with van der Waals surface area (Å²) < 4.78 is 6.10. The maximum Gasteiger partial charge on any atom is 0.350 e. The SMILES string of the molecule is CC[C@H](C)c1ccc(C(=O)COC(=O)c2sc3ccccc3c2Cl)cc1. The lowest BCUT2D eigenvalue weighted by Gasteiger charge is -2.09. The fraction of sp³-hybridized carbons (Fsp3) is 0.238. The number of halogens is 1. The van der Waals surface area contributed by atoms with Gasteiger partial charge in [0.05, 0.1) is 5.02 Å². The van der Waals surface area contributed by atoms with Crippen LogP contribution < -0.4 is 0 Å². The lowest BCUT2D eigenvalue weighted by Crippen LogP contribution is -2.13. The van der Waals surface area contributed by atoms with Gasteiger partial charge in [0.15, 0.2) is 12.4 Å². The second kappa shape index (κ2) is 8.02. The van der Waals surface area contributed by atoms with Gasteiger partial charge in [0.1, 0.15) is 4.88 Å². The van der Waals surface area contributed by atoms with Crippen LogP contribution in [-0.4, -0.2) is 18.4 Å². The highest BCUT2D eigenvalue weighted by Crippen LogP contribution is 2.35. The van der Waals surface area contributed by atoms with Crippen LogP contribution in [0.1, 0.15) is 51.8 Å². The third-order valence-corrected chi connectivity index (χ3v) is 6.12. The minimum absolute atomic E-state index is 0.230. The van der Waals surface area contributed by atoms with Gasteiger partial charge in [-0.1, -0.05) is 67.9 Å². The predicted octanol–water partition coefficient (Wildman–Crippen LogP) is 6.11. The van der Waals surface area contributed by atoms with Crippen molar-refractivity contribution in [3.63, 3.8) is 0 Å². The van der Waals surface area contributed by atoms with Gasteiger partial charge in [-0.25, -0.2) is 4.79 Å². The molecule has 0 bridgehead atoms. The quantitative estimate of drug-likeness (QED) is 0.379. The lowest BCUT2D eigenvalue weighted by atomic mass is 9.97. The van der Waals surface area contributed by atoms with Crippen molar-refractivity contribution in [3.8, 4) is 0 Å². The van der Waals surface area contributed by atoms with E-state index in [0.717, 1.165) is 16.5 Å². The first-order chi connectivity index (χ1) is 12.5. The van der Waals surface area contributed by atoms with Gasteiger partial charge in [0.2, 0.25) is 0 Å². The molecule has 3 aromatic rings. The standard InChI is InChI=1S/C21H19ClO3S/c1-3-13(2)14-8-10-15(11-9-14)17(23)12-25-21(24)20-19(22)16-6-4-5-7-18(16)26-20/h4-11,13H,3,12H2,1-2H3/t13-/m0/s1. The van der Waals surface area contributed by atoms with Crippen molar-refractivity contribution in [1.29, 1.82) is 0 Å². The smallest absolute Gasteiger partial charge is 0.350 e. The number of hydrogen-bond donors (Lipinski definition) is 0. The third-order valence-electron chi connectivity index (χ3n) is 4.47. The van der Waals surface area contributed by atoms with Crippen molar-refractivity contribution in [1.82, 2.24) is 0 Å². The van der Waals surface area contributed by atoms with Crippen LogP contribution in [0, 0.1) is 0 Å². The molecule has 2 aromatic carbocycles. The van der Waals surface area contributed by atoms with Crippen molar-refractivity contribution in [2.75, 3.05) is 6.61 Å². The van der Waals surface area contributed by atoms with E-state index >= 15 is 0 Å². The molecule has 134 valence electrons. The molecule has 3 rings (SSSR count). The van der Waals surface area contributed by atoms with Gasteiger partial charge in [0, 0.05) is 15.6 Å². The van der Waals surface area contributed by atoms with Crippen molar-refractivity contribution in [2.45, 2.75) is 26.2 Å². The highest BCUT2D eigenvalue weighted by atomic mass is 35.5. The molecule has 0 saturated carbocycles. The number of esters is 1. The molecule has 0 aliphatic heterocycles. The summed E-state index contributed by atoms with van der Waals surface area (Å²) in [5.41, 5.74) is 1.73. The summed E-state index contributed by atoms with van der Waals surface area (Å²) in [5.74, 6) is -0.348. The van der Waals surface area contributed by atoms with Crippen LogP contribution in [0.15, 0.2) is 48.5 Å². The number of carbonyl (C=O) groups excluding carboxylic acids is 2. The molecule has 1 heterocycles. The van der Waals surface area contributed by atoms with E-state index in [1.54, 1.807) is 12.1 Å². The van der Waals surface area contributed by atoms with Gasteiger partial charge < -0.3 is 4.74 Å². The number of thiophene rings is 1. The number of benzene rings is 2.